The number of hydrogen-bond donors (Lipinski definition) is 1. The lowest BCUT2D eigenvalue weighted by Gasteiger charge is -2.30. The van der Waals surface area contributed by atoms with Crippen molar-refractivity contribution < 1.29 is 4.79 Å². The van der Waals surface area contributed by atoms with Crippen LogP contribution in [0.2, 0.25) is 0 Å². The van der Waals surface area contributed by atoms with Gasteiger partial charge in [0.05, 0.1) is 17.9 Å². The summed E-state index contributed by atoms with van der Waals surface area (Å²) in [7, 11) is 0. The lowest BCUT2D eigenvalue weighted by molar-refractivity contribution is -0.135. The Kier molecular flexibility index (Phi) is 5.47. The second-order valence-electron chi connectivity index (χ2n) is 5.34. The van der Waals surface area contributed by atoms with Crippen molar-refractivity contribution >= 4 is 5.91 Å². The summed E-state index contributed by atoms with van der Waals surface area (Å²) in [6.07, 6.45) is 2.56. The van der Waals surface area contributed by atoms with Crippen LogP contribution < -0.4 is 5.73 Å². The molecule has 1 aromatic rings. The molecule has 1 rings (SSSR count). The Morgan fingerprint density at radius 2 is 1.95 bits per heavy atom. The number of aromatic nitrogens is 3. The minimum Gasteiger partial charge on any atom is -0.336 e. The first-order chi connectivity index (χ1) is 8.86. The molecule has 0 fully saturated rings. The lowest BCUT2D eigenvalue weighted by Crippen LogP contribution is -2.43. The summed E-state index contributed by atoms with van der Waals surface area (Å²) in [6, 6.07) is 0.233. The van der Waals surface area contributed by atoms with Gasteiger partial charge in [0.2, 0.25) is 5.91 Å². The zero-order valence-corrected chi connectivity index (χ0v) is 12.5. The Labute approximate surface area is 115 Å². The molecule has 108 valence electrons. The molecule has 1 heterocycles. The zero-order chi connectivity index (χ0) is 14.6. The largest absolute Gasteiger partial charge is 0.336 e. The summed E-state index contributed by atoms with van der Waals surface area (Å²) < 4.78 is 1.56. The molecule has 0 aliphatic heterocycles. The van der Waals surface area contributed by atoms with E-state index in [9.17, 15) is 4.79 Å². The van der Waals surface area contributed by atoms with Crippen LogP contribution in [0.4, 0.5) is 0 Å². The number of carbonyl (C=O) groups is 1. The molecule has 6 heteroatoms. The molecule has 0 spiro atoms. The summed E-state index contributed by atoms with van der Waals surface area (Å²) in [4.78, 5) is 14.1. The molecule has 1 amide bonds. The highest BCUT2D eigenvalue weighted by Gasteiger charge is 2.21. The van der Waals surface area contributed by atoms with E-state index in [4.69, 9.17) is 5.73 Å². The van der Waals surface area contributed by atoms with Crippen LogP contribution in [0.15, 0.2) is 6.20 Å². The predicted octanol–water partition coefficient (Wildman–Crippen LogP) is 1.33. The maximum absolute atomic E-state index is 12.3. The smallest absolute Gasteiger partial charge is 0.244 e. The van der Waals surface area contributed by atoms with E-state index in [1.54, 1.807) is 10.9 Å². The molecule has 0 aromatic carbocycles. The van der Waals surface area contributed by atoms with Gasteiger partial charge in [-0.3, -0.25) is 4.79 Å². The van der Waals surface area contributed by atoms with E-state index in [1.165, 1.54) is 0 Å². The maximum Gasteiger partial charge on any atom is 0.244 e. The van der Waals surface area contributed by atoms with Crippen molar-refractivity contribution in [2.24, 2.45) is 5.73 Å². The molecule has 2 N–H and O–H groups in total. The highest BCUT2D eigenvalue weighted by Crippen LogP contribution is 2.10. The number of hydrogen-bond acceptors (Lipinski definition) is 4. The van der Waals surface area contributed by atoms with Crippen molar-refractivity contribution in [3.05, 3.63) is 11.9 Å². The van der Waals surface area contributed by atoms with Crippen molar-refractivity contribution in [3.63, 3.8) is 0 Å². The van der Waals surface area contributed by atoms with Gasteiger partial charge in [-0.05, 0) is 34.1 Å². The lowest BCUT2D eigenvalue weighted by atomic mass is 10.2. The third-order valence-corrected chi connectivity index (χ3v) is 3.07. The van der Waals surface area contributed by atoms with Gasteiger partial charge in [-0.1, -0.05) is 12.1 Å². The minimum atomic E-state index is -0.116. The molecule has 1 unspecified atom stereocenters. The Morgan fingerprint density at radius 3 is 2.42 bits per heavy atom. The van der Waals surface area contributed by atoms with Crippen LogP contribution in [0.25, 0.3) is 0 Å². The van der Waals surface area contributed by atoms with Crippen molar-refractivity contribution in [2.45, 2.75) is 65.7 Å². The fourth-order valence-electron chi connectivity index (χ4n) is 2.16. The van der Waals surface area contributed by atoms with Crippen LogP contribution in [0.3, 0.4) is 0 Å². The van der Waals surface area contributed by atoms with Crippen LogP contribution in [0.5, 0.6) is 0 Å². The summed E-state index contributed by atoms with van der Waals surface area (Å²) >= 11 is 0. The number of carbonyl (C=O) groups excluding carboxylic acids is 1. The van der Waals surface area contributed by atoms with Crippen LogP contribution in [-0.2, 0) is 11.3 Å². The number of nitrogens with zero attached hydrogens (tertiary/aromatic N) is 4. The number of rotatable bonds is 6. The van der Waals surface area contributed by atoms with Gasteiger partial charge in [-0.25, -0.2) is 4.68 Å². The van der Waals surface area contributed by atoms with Crippen molar-refractivity contribution in [1.29, 1.82) is 0 Å². The predicted molar refractivity (Wildman–Crippen MR) is 74.4 cm³/mol. The molecule has 0 saturated heterocycles. The highest BCUT2D eigenvalue weighted by molar-refractivity contribution is 5.76. The Balaban J connectivity index is 2.73. The minimum absolute atomic E-state index is 0.0477. The molecule has 0 aliphatic carbocycles. The van der Waals surface area contributed by atoms with E-state index in [0.29, 0.717) is 0 Å². The molecule has 1 atom stereocenters. The zero-order valence-electron chi connectivity index (χ0n) is 12.5. The summed E-state index contributed by atoms with van der Waals surface area (Å²) in [5.41, 5.74) is 6.62. The monoisotopic (exact) mass is 267 g/mol. The second-order valence-corrected chi connectivity index (χ2v) is 5.34. The van der Waals surface area contributed by atoms with Gasteiger partial charge in [0.1, 0.15) is 6.54 Å². The quantitative estimate of drug-likeness (QED) is 0.843. The van der Waals surface area contributed by atoms with Gasteiger partial charge >= 0.3 is 0 Å². The van der Waals surface area contributed by atoms with Gasteiger partial charge in [0, 0.05) is 12.1 Å². The standard InChI is InChI=1S/C13H25N5O/c1-6-11(14)12-7-17(16-15-12)8-13(19)18(9(2)3)10(4)5/h7,9-11H,6,8,14H2,1-5H3. The van der Waals surface area contributed by atoms with Gasteiger partial charge < -0.3 is 10.6 Å². The van der Waals surface area contributed by atoms with Crippen molar-refractivity contribution in [1.82, 2.24) is 19.9 Å². The average molecular weight is 267 g/mol. The first-order valence-electron chi connectivity index (χ1n) is 6.83. The Hall–Kier alpha value is -1.43. The van der Waals surface area contributed by atoms with E-state index in [0.717, 1.165) is 12.1 Å². The molecule has 0 radical (unpaired) electrons. The number of amides is 1. The first kappa shape index (κ1) is 15.6. The van der Waals surface area contributed by atoms with Crippen molar-refractivity contribution in [3.8, 4) is 0 Å². The summed E-state index contributed by atoms with van der Waals surface area (Å²) in [5.74, 6) is 0.0477. The van der Waals surface area contributed by atoms with Crippen LogP contribution in [0.1, 0.15) is 52.8 Å². The van der Waals surface area contributed by atoms with Crippen LogP contribution >= 0.6 is 0 Å². The fourth-order valence-corrected chi connectivity index (χ4v) is 2.16. The maximum atomic E-state index is 12.3. The molecular weight excluding hydrogens is 242 g/mol. The fraction of sp³-hybridized carbons (Fsp3) is 0.769. The third kappa shape index (κ3) is 4.02. The van der Waals surface area contributed by atoms with E-state index in [1.807, 2.05) is 39.5 Å². The van der Waals surface area contributed by atoms with Gasteiger partial charge in [-0.15, -0.1) is 5.10 Å². The molecule has 0 aliphatic rings. The van der Waals surface area contributed by atoms with Crippen molar-refractivity contribution in [2.75, 3.05) is 0 Å². The molecule has 0 saturated carbocycles. The van der Waals surface area contributed by atoms with E-state index in [2.05, 4.69) is 10.3 Å². The Bertz CT molecular complexity index is 405. The van der Waals surface area contributed by atoms with Gasteiger partial charge in [0.15, 0.2) is 0 Å². The second kappa shape index (κ2) is 6.65. The molecule has 19 heavy (non-hydrogen) atoms. The highest BCUT2D eigenvalue weighted by atomic mass is 16.2. The molecule has 1 aromatic heterocycles. The van der Waals surface area contributed by atoms with E-state index < -0.39 is 0 Å². The average Bonchev–Trinajstić information content (AvgIpc) is 2.75. The van der Waals surface area contributed by atoms with E-state index >= 15 is 0 Å². The number of nitrogens with two attached hydrogens (primary N) is 1. The molecule has 0 bridgehead atoms. The van der Waals surface area contributed by atoms with Crippen LogP contribution in [0, 0.1) is 0 Å². The topological polar surface area (TPSA) is 77.0 Å². The summed E-state index contributed by atoms with van der Waals surface area (Å²) in [5, 5.41) is 7.97. The van der Waals surface area contributed by atoms with Gasteiger partial charge in [0.25, 0.3) is 0 Å². The third-order valence-electron chi connectivity index (χ3n) is 3.07. The Morgan fingerprint density at radius 1 is 1.37 bits per heavy atom. The molecule has 6 nitrogen and oxygen atoms in total. The van der Waals surface area contributed by atoms with Gasteiger partial charge in [-0.2, -0.15) is 0 Å². The van der Waals surface area contributed by atoms with Crippen LogP contribution in [-0.4, -0.2) is 37.9 Å². The van der Waals surface area contributed by atoms with E-state index in [-0.39, 0.29) is 30.6 Å². The summed E-state index contributed by atoms with van der Waals surface area (Å²) in [6.45, 7) is 10.2. The normalized spacial score (nSPS) is 13.1. The SMILES string of the molecule is CCC(N)c1cn(CC(=O)N(C(C)C)C(C)C)nn1. The molecular formula is C13H25N5O. The first-order valence-corrected chi connectivity index (χ1v) is 6.83.